The van der Waals surface area contributed by atoms with E-state index in [1.54, 1.807) is 24.3 Å². The van der Waals surface area contributed by atoms with Crippen LogP contribution in [0.25, 0.3) is 0 Å². The van der Waals surface area contributed by atoms with Gasteiger partial charge in [-0.25, -0.2) is 9.59 Å². The van der Waals surface area contributed by atoms with Gasteiger partial charge in [-0.15, -0.1) is 11.8 Å². The highest BCUT2D eigenvalue weighted by atomic mass is 32.2. The first-order valence-electron chi connectivity index (χ1n) is 9.98. The molecule has 1 atom stereocenters. The van der Waals surface area contributed by atoms with Crippen molar-refractivity contribution in [1.29, 1.82) is 0 Å². The van der Waals surface area contributed by atoms with E-state index in [0.29, 0.717) is 22.0 Å². The Hall–Kier alpha value is -2.76. The number of carbonyl (C=O) groups is 2. The molecule has 3 N–H and O–H groups in total. The van der Waals surface area contributed by atoms with Gasteiger partial charge < -0.3 is 19.9 Å². The highest BCUT2D eigenvalue weighted by Crippen LogP contribution is 2.21. The smallest absolute Gasteiger partial charge is 0.407 e. The molecular weight excluding hydrogens is 470 g/mol. The van der Waals surface area contributed by atoms with Crippen LogP contribution in [0.4, 0.5) is 4.79 Å². The lowest BCUT2D eigenvalue weighted by atomic mass is 10.1. The van der Waals surface area contributed by atoms with Gasteiger partial charge in [-0.3, -0.25) is 4.55 Å². The number of nitrogens with one attached hydrogen (secondary N) is 1. The van der Waals surface area contributed by atoms with Crippen molar-refractivity contribution >= 4 is 33.9 Å². The zero-order valence-electron chi connectivity index (χ0n) is 18.5. The van der Waals surface area contributed by atoms with Gasteiger partial charge in [0.05, 0.1) is 4.90 Å². The lowest BCUT2D eigenvalue weighted by Gasteiger charge is -2.21. The van der Waals surface area contributed by atoms with E-state index >= 15 is 0 Å². The number of benzene rings is 2. The summed E-state index contributed by atoms with van der Waals surface area (Å²) in [6, 6.07) is 11.4. The van der Waals surface area contributed by atoms with Gasteiger partial charge in [-0.2, -0.15) is 8.42 Å². The Labute approximate surface area is 197 Å². The van der Waals surface area contributed by atoms with Crippen LogP contribution in [0.5, 0.6) is 5.75 Å². The molecule has 0 aliphatic heterocycles. The molecule has 0 bridgehead atoms. The summed E-state index contributed by atoms with van der Waals surface area (Å²) in [6.45, 7) is 5.79. The number of carboxylic acids is 1. The second kappa shape index (κ2) is 11.4. The minimum atomic E-state index is -4.25. The Kier molecular flexibility index (Phi) is 9.15. The number of alkyl carbamates (subject to hydrolysis) is 1. The Balaban J connectivity index is 1.80. The standard InChI is InChI=1S/C22H27NO8S2/c1-22(2,3)31-16-6-4-15(5-7-16)14-19(20(24)25)23-21(26)30-12-13-32-17-8-10-18(11-9-17)33(27,28)29/h4-11,19H,12-14H2,1-3H3,(H,23,26)(H,24,25)(H,27,28,29)/t19-/m0/s1. The predicted octanol–water partition coefficient (Wildman–Crippen LogP) is 3.62. The van der Waals surface area contributed by atoms with Crippen LogP contribution >= 0.6 is 11.8 Å². The molecule has 0 spiro atoms. The number of hydrogen-bond donors (Lipinski definition) is 3. The maximum Gasteiger partial charge on any atom is 0.407 e. The summed E-state index contributed by atoms with van der Waals surface area (Å²) in [6.07, 6.45) is -0.771. The van der Waals surface area contributed by atoms with Crippen LogP contribution < -0.4 is 10.1 Å². The second-order valence-corrected chi connectivity index (χ2v) is 10.6. The molecule has 0 radical (unpaired) electrons. The molecule has 2 aromatic rings. The Morgan fingerprint density at radius 3 is 2.18 bits per heavy atom. The summed E-state index contributed by atoms with van der Waals surface area (Å²) in [4.78, 5) is 24.1. The Morgan fingerprint density at radius 1 is 1.06 bits per heavy atom. The number of rotatable bonds is 10. The molecule has 180 valence electrons. The predicted molar refractivity (Wildman–Crippen MR) is 123 cm³/mol. The van der Waals surface area contributed by atoms with Crippen LogP contribution in [-0.2, 0) is 26.1 Å². The molecule has 1 amide bonds. The van der Waals surface area contributed by atoms with Crippen molar-refractivity contribution in [2.75, 3.05) is 12.4 Å². The largest absolute Gasteiger partial charge is 0.488 e. The van der Waals surface area contributed by atoms with Crippen molar-refractivity contribution in [3.8, 4) is 5.75 Å². The summed E-state index contributed by atoms with van der Waals surface area (Å²) in [5, 5.41) is 11.8. The molecule has 0 saturated heterocycles. The maximum atomic E-state index is 12.0. The van der Waals surface area contributed by atoms with E-state index < -0.39 is 28.2 Å². The third kappa shape index (κ3) is 9.72. The van der Waals surface area contributed by atoms with E-state index in [-0.39, 0.29) is 23.5 Å². The van der Waals surface area contributed by atoms with Crippen LogP contribution in [-0.4, -0.2) is 54.1 Å². The normalized spacial score (nSPS) is 12.6. The van der Waals surface area contributed by atoms with Gasteiger partial charge in [0.1, 0.15) is 24.0 Å². The monoisotopic (exact) mass is 497 g/mol. The quantitative estimate of drug-likeness (QED) is 0.255. The van der Waals surface area contributed by atoms with Gasteiger partial charge in [-0.1, -0.05) is 12.1 Å². The number of ether oxygens (including phenoxy) is 2. The van der Waals surface area contributed by atoms with E-state index in [9.17, 15) is 23.1 Å². The molecule has 11 heteroatoms. The fourth-order valence-electron chi connectivity index (χ4n) is 2.67. The van der Waals surface area contributed by atoms with Gasteiger partial charge in [0.25, 0.3) is 10.1 Å². The zero-order valence-corrected chi connectivity index (χ0v) is 20.1. The van der Waals surface area contributed by atoms with Gasteiger partial charge in [-0.05, 0) is 62.7 Å². The van der Waals surface area contributed by atoms with Gasteiger partial charge >= 0.3 is 12.1 Å². The second-order valence-electron chi connectivity index (χ2n) is 8.03. The summed E-state index contributed by atoms with van der Waals surface area (Å²) >= 11 is 1.30. The van der Waals surface area contributed by atoms with Crippen molar-refractivity contribution < 1.29 is 37.1 Å². The maximum absolute atomic E-state index is 12.0. The van der Waals surface area contributed by atoms with Crippen molar-refractivity contribution in [2.24, 2.45) is 0 Å². The van der Waals surface area contributed by atoms with E-state index in [1.165, 1.54) is 36.0 Å². The highest BCUT2D eigenvalue weighted by Gasteiger charge is 2.21. The lowest BCUT2D eigenvalue weighted by molar-refractivity contribution is -0.139. The molecule has 0 unspecified atom stereocenters. The van der Waals surface area contributed by atoms with Crippen molar-refractivity contribution in [1.82, 2.24) is 5.32 Å². The van der Waals surface area contributed by atoms with Crippen LogP contribution in [0, 0.1) is 0 Å². The summed E-state index contributed by atoms with van der Waals surface area (Å²) in [5.74, 6) is -0.156. The van der Waals surface area contributed by atoms with Crippen LogP contribution in [0.1, 0.15) is 26.3 Å². The van der Waals surface area contributed by atoms with Gasteiger partial charge in [0, 0.05) is 17.1 Å². The number of carbonyl (C=O) groups excluding carboxylic acids is 1. The molecule has 0 aromatic heterocycles. The zero-order chi connectivity index (χ0) is 24.6. The fourth-order valence-corrected chi connectivity index (χ4v) is 3.88. The van der Waals surface area contributed by atoms with Crippen molar-refractivity contribution in [2.45, 2.75) is 48.6 Å². The summed E-state index contributed by atoms with van der Waals surface area (Å²) in [5.41, 5.74) is 0.367. The molecule has 33 heavy (non-hydrogen) atoms. The van der Waals surface area contributed by atoms with Crippen LogP contribution in [0.3, 0.4) is 0 Å². The van der Waals surface area contributed by atoms with E-state index in [1.807, 2.05) is 20.8 Å². The first kappa shape index (κ1) is 26.5. The molecule has 0 aliphatic rings. The molecule has 0 saturated carbocycles. The van der Waals surface area contributed by atoms with Crippen LogP contribution in [0.2, 0.25) is 0 Å². The minimum absolute atomic E-state index is 0.0156. The number of aliphatic carboxylic acids is 1. The summed E-state index contributed by atoms with van der Waals surface area (Å²) in [7, 11) is -4.25. The average molecular weight is 498 g/mol. The third-order valence-corrected chi connectivity index (χ3v) is 5.93. The lowest BCUT2D eigenvalue weighted by Crippen LogP contribution is -2.42. The van der Waals surface area contributed by atoms with E-state index in [4.69, 9.17) is 14.0 Å². The summed E-state index contributed by atoms with van der Waals surface area (Å²) < 4.78 is 41.8. The molecule has 0 heterocycles. The molecular formula is C22H27NO8S2. The first-order chi connectivity index (χ1) is 15.3. The highest BCUT2D eigenvalue weighted by molar-refractivity contribution is 7.99. The third-order valence-electron chi connectivity index (χ3n) is 4.08. The molecule has 0 fully saturated rings. The minimum Gasteiger partial charge on any atom is -0.488 e. The first-order valence-corrected chi connectivity index (χ1v) is 12.4. The van der Waals surface area contributed by atoms with Crippen molar-refractivity contribution in [3.05, 3.63) is 54.1 Å². The van der Waals surface area contributed by atoms with E-state index in [0.717, 1.165) is 0 Å². The van der Waals surface area contributed by atoms with Gasteiger partial charge in [0.15, 0.2) is 0 Å². The number of amides is 1. The molecule has 0 aliphatic carbocycles. The Morgan fingerprint density at radius 2 is 1.67 bits per heavy atom. The molecule has 2 rings (SSSR count). The molecule has 9 nitrogen and oxygen atoms in total. The van der Waals surface area contributed by atoms with Crippen LogP contribution in [0.15, 0.2) is 58.3 Å². The number of carboxylic acid groups (broad SMARTS) is 1. The number of hydrogen-bond acceptors (Lipinski definition) is 7. The molecule has 2 aromatic carbocycles. The number of thioether (sulfide) groups is 1. The van der Waals surface area contributed by atoms with Gasteiger partial charge in [0.2, 0.25) is 0 Å². The topological polar surface area (TPSA) is 139 Å². The van der Waals surface area contributed by atoms with Crippen molar-refractivity contribution in [3.63, 3.8) is 0 Å². The fraction of sp³-hybridized carbons (Fsp3) is 0.364. The Bertz CT molecular complexity index is 1050. The SMILES string of the molecule is CC(C)(C)Oc1ccc(C[C@H](NC(=O)OCCSc2ccc(S(=O)(=O)O)cc2)C(=O)O)cc1. The average Bonchev–Trinajstić information content (AvgIpc) is 2.70. The van der Waals surface area contributed by atoms with E-state index in [2.05, 4.69) is 5.32 Å².